The van der Waals surface area contributed by atoms with Crippen LogP contribution < -0.4 is 10.1 Å². The van der Waals surface area contributed by atoms with Crippen LogP contribution in [0.3, 0.4) is 0 Å². The largest absolute Gasteiger partial charge is 0.497 e. The highest BCUT2D eigenvalue weighted by Crippen LogP contribution is 2.25. The number of hydrogen-bond acceptors (Lipinski definition) is 4. The van der Waals surface area contributed by atoms with Gasteiger partial charge in [0.05, 0.1) is 19.8 Å². The molecule has 0 saturated heterocycles. The van der Waals surface area contributed by atoms with Crippen LogP contribution >= 0.6 is 12.4 Å². The summed E-state index contributed by atoms with van der Waals surface area (Å²) in [6.07, 6.45) is -0.529. The van der Waals surface area contributed by atoms with E-state index in [9.17, 15) is 5.11 Å². The van der Waals surface area contributed by atoms with Crippen molar-refractivity contribution in [3.05, 3.63) is 78.1 Å². The van der Waals surface area contributed by atoms with Gasteiger partial charge < -0.3 is 19.6 Å². The maximum Gasteiger partial charge on any atom is 0.134 e. The number of halogens is 1. The second-order valence-electron chi connectivity index (χ2n) is 5.56. The summed E-state index contributed by atoms with van der Waals surface area (Å²) in [5.41, 5.74) is 1.88. The van der Waals surface area contributed by atoms with Crippen molar-refractivity contribution in [2.75, 3.05) is 13.7 Å². The van der Waals surface area contributed by atoms with Gasteiger partial charge in [0.1, 0.15) is 17.3 Å². The molecular formula is C20H22ClNO3. The summed E-state index contributed by atoms with van der Waals surface area (Å²) in [4.78, 5) is 0. The third-order valence-corrected chi connectivity index (χ3v) is 3.84. The van der Waals surface area contributed by atoms with Gasteiger partial charge in [-0.3, -0.25) is 0 Å². The second kappa shape index (κ2) is 9.28. The fourth-order valence-corrected chi connectivity index (χ4v) is 2.53. The van der Waals surface area contributed by atoms with E-state index in [2.05, 4.69) is 5.32 Å². The van der Waals surface area contributed by atoms with Gasteiger partial charge in [0.25, 0.3) is 0 Å². The van der Waals surface area contributed by atoms with Crippen molar-refractivity contribution in [1.82, 2.24) is 5.32 Å². The maximum absolute atomic E-state index is 10.1. The second-order valence-corrected chi connectivity index (χ2v) is 5.56. The fraction of sp³-hybridized carbons (Fsp3) is 0.200. The zero-order valence-electron chi connectivity index (χ0n) is 14.0. The van der Waals surface area contributed by atoms with Crippen LogP contribution in [0.25, 0.3) is 11.3 Å². The lowest BCUT2D eigenvalue weighted by Gasteiger charge is -2.11. The van der Waals surface area contributed by atoms with E-state index in [-0.39, 0.29) is 12.4 Å². The molecule has 2 aromatic carbocycles. The molecule has 0 amide bonds. The number of furan rings is 1. The SMILES string of the molecule is COc1cccc(-c2ccc(CNCC(O)c3ccccc3)o2)c1.Cl. The number of rotatable bonds is 7. The maximum atomic E-state index is 10.1. The van der Waals surface area contributed by atoms with Crippen molar-refractivity contribution >= 4 is 12.4 Å². The molecule has 132 valence electrons. The molecule has 0 spiro atoms. The lowest BCUT2D eigenvalue weighted by atomic mass is 10.1. The Morgan fingerprint density at radius 1 is 1.04 bits per heavy atom. The lowest BCUT2D eigenvalue weighted by molar-refractivity contribution is 0.173. The van der Waals surface area contributed by atoms with Crippen LogP contribution in [0.5, 0.6) is 5.75 Å². The van der Waals surface area contributed by atoms with E-state index in [4.69, 9.17) is 9.15 Å². The Labute approximate surface area is 153 Å². The Hall–Kier alpha value is -2.27. The normalized spacial score (nSPS) is 11.6. The third-order valence-electron chi connectivity index (χ3n) is 3.84. The molecule has 0 fully saturated rings. The Balaban J connectivity index is 0.00000225. The van der Waals surface area contributed by atoms with Gasteiger partial charge in [-0.2, -0.15) is 0 Å². The molecule has 1 unspecified atom stereocenters. The van der Waals surface area contributed by atoms with Crippen LogP contribution in [-0.4, -0.2) is 18.8 Å². The molecule has 0 aliphatic rings. The highest BCUT2D eigenvalue weighted by molar-refractivity contribution is 5.85. The third kappa shape index (κ3) is 5.10. The number of methoxy groups -OCH3 is 1. The number of aliphatic hydroxyl groups excluding tert-OH is 1. The molecule has 1 heterocycles. The van der Waals surface area contributed by atoms with Crippen LogP contribution in [0.4, 0.5) is 0 Å². The minimum absolute atomic E-state index is 0. The highest BCUT2D eigenvalue weighted by Gasteiger charge is 2.08. The van der Waals surface area contributed by atoms with Gasteiger partial charge in [0.2, 0.25) is 0 Å². The van der Waals surface area contributed by atoms with E-state index in [0.29, 0.717) is 13.1 Å². The Kier molecular flexibility index (Phi) is 7.07. The minimum atomic E-state index is -0.529. The van der Waals surface area contributed by atoms with Gasteiger partial charge in [-0.1, -0.05) is 42.5 Å². The number of nitrogens with one attached hydrogen (secondary N) is 1. The molecule has 0 aliphatic heterocycles. The predicted octanol–water partition coefficient (Wildman–Crippen LogP) is 4.20. The first-order valence-corrected chi connectivity index (χ1v) is 7.93. The van der Waals surface area contributed by atoms with Crippen LogP contribution in [0.1, 0.15) is 17.4 Å². The van der Waals surface area contributed by atoms with Gasteiger partial charge in [-0.05, 0) is 29.8 Å². The van der Waals surface area contributed by atoms with Crippen LogP contribution in [0.15, 0.2) is 71.1 Å². The molecule has 2 N–H and O–H groups in total. The molecule has 25 heavy (non-hydrogen) atoms. The molecule has 3 aromatic rings. The van der Waals surface area contributed by atoms with Crippen LogP contribution in [-0.2, 0) is 6.54 Å². The van der Waals surface area contributed by atoms with Crippen LogP contribution in [0, 0.1) is 0 Å². The first-order chi connectivity index (χ1) is 11.8. The quantitative estimate of drug-likeness (QED) is 0.663. The van der Waals surface area contributed by atoms with Crippen molar-refractivity contribution in [2.45, 2.75) is 12.6 Å². The summed E-state index contributed by atoms with van der Waals surface area (Å²) in [6, 6.07) is 21.3. The predicted molar refractivity (Wildman–Crippen MR) is 101 cm³/mol. The monoisotopic (exact) mass is 359 g/mol. The smallest absolute Gasteiger partial charge is 0.134 e. The standard InChI is InChI=1S/C20H21NO3.ClH/c1-23-17-9-5-8-16(12-17)20-11-10-18(24-20)13-21-14-19(22)15-6-3-2-4-7-15;/h2-12,19,21-22H,13-14H2,1H3;1H. The first-order valence-electron chi connectivity index (χ1n) is 7.93. The van der Waals surface area contributed by atoms with Gasteiger partial charge in [0.15, 0.2) is 0 Å². The summed E-state index contributed by atoms with van der Waals surface area (Å²) >= 11 is 0. The Morgan fingerprint density at radius 3 is 2.60 bits per heavy atom. The fourth-order valence-electron chi connectivity index (χ4n) is 2.53. The van der Waals surface area contributed by atoms with E-state index in [0.717, 1.165) is 28.4 Å². The molecular weight excluding hydrogens is 338 g/mol. The van der Waals surface area contributed by atoms with Gasteiger partial charge >= 0.3 is 0 Å². The van der Waals surface area contributed by atoms with Gasteiger partial charge in [0, 0.05) is 12.1 Å². The Bertz CT molecular complexity index is 773. The first kappa shape index (κ1) is 19.1. The van der Waals surface area contributed by atoms with E-state index >= 15 is 0 Å². The van der Waals surface area contributed by atoms with E-state index < -0.39 is 6.10 Å². The molecule has 1 atom stereocenters. The molecule has 1 aromatic heterocycles. The molecule has 0 saturated carbocycles. The number of hydrogen-bond donors (Lipinski definition) is 2. The molecule has 5 heteroatoms. The molecule has 4 nitrogen and oxygen atoms in total. The number of benzene rings is 2. The van der Waals surface area contributed by atoms with Crippen molar-refractivity contribution < 1.29 is 14.3 Å². The van der Waals surface area contributed by atoms with Gasteiger partial charge in [-0.25, -0.2) is 0 Å². The topological polar surface area (TPSA) is 54.6 Å². The number of ether oxygens (including phenoxy) is 1. The average Bonchev–Trinajstić information content (AvgIpc) is 3.11. The zero-order valence-corrected chi connectivity index (χ0v) is 14.8. The van der Waals surface area contributed by atoms with Crippen molar-refractivity contribution in [3.63, 3.8) is 0 Å². The van der Waals surface area contributed by atoms with E-state index in [1.165, 1.54) is 0 Å². The molecule has 0 aliphatic carbocycles. The average molecular weight is 360 g/mol. The summed E-state index contributed by atoms with van der Waals surface area (Å²) in [6.45, 7) is 1.03. The van der Waals surface area contributed by atoms with E-state index in [1.54, 1.807) is 7.11 Å². The summed E-state index contributed by atoms with van der Waals surface area (Å²) in [7, 11) is 1.65. The van der Waals surface area contributed by atoms with Crippen LogP contribution in [0.2, 0.25) is 0 Å². The van der Waals surface area contributed by atoms with Crippen molar-refractivity contribution in [3.8, 4) is 17.1 Å². The van der Waals surface area contributed by atoms with E-state index in [1.807, 2.05) is 66.7 Å². The van der Waals surface area contributed by atoms with Gasteiger partial charge in [-0.15, -0.1) is 12.4 Å². The minimum Gasteiger partial charge on any atom is -0.497 e. The van der Waals surface area contributed by atoms with Crippen molar-refractivity contribution in [1.29, 1.82) is 0 Å². The van der Waals surface area contributed by atoms with Crippen molar-refractivity contribution in [2.24, 2.45) is 0 Å². The zero-order chi connectivity index (χ0) is 16.8. The Morgan fingerprint density at radius 2 is 1.84 bits per heavy atom. The summed E-state index contributed by atoms with van der Waals surface area (Å²) in [5, 5.41) is 13.4. The number of aliphatic hydroxyl groups is 1. The molecule has 3 rings (SSSR count). The highest BCUT2D eigenvalue weighted by atomic mass is 35.5. The molecule has 0 bridgehead atoms. The molecule has 0 radical (unpaired) electrons. The summed E-state index contributed by atoms with van der Waals surface area (Å²) < 4.78 is 11.1. The summed E-state index contributed by atoms with van der Waals surface area (Å²) in [5.74, 6) is 2.43. The lowest BCUT2D eigenvalue weighted by Crippen LogP contribution is -2.20.